The Morgan fingerprint density at radius 3 is 2.74 bits per heavy atom. The van der Waals surface area contributed by atoms with Crippen molar-refractivity contribution in [2.24, 2.45) is 10.2 Å². The second-order valence-electron chi connectivity index (χ2n) is 5.69. The number of imidazole rings is 1. The number of azo groups is 1. The Morgan fingerprint density at radius 1 is 1.22 bits per heavy atom. The fraction of sp³-hybridized carbons (Fsp3) is 0.235. The van der Waals surface area contributed by atoms with Crippen molar-refractivity contribution >= 4 is 28.8 Å². The van der Waals surface area contributed by atoms with Gasteiger partial charge in [-0.05, 0) is 42.7 Å². The lowest BCUT2D eigenvalue weighted by Crippen LogP contribution is -1.87. The van der Waals surface area contributed by atoms with Crippen LogP contribution in [0.4, 0.5) is 11.5 Å². The number of aromatic hydroxyl groups is 1. The molecule has 0 aliphatic carbocycles. The number of aryl methyl sites for hydroxylation is 1. The molecule has 0 amide bonds. The predicted octanol–water partition coefficient (Wildman–Crippen LogP) is 5.54. The molecular weight excluding hydrogens is 312 g/mol. The second-order valence-corrected chi connectivity index (χ2v) is 6.13. The number of benzene rings is 1. The molecule has 0 fully saturated rings. The van der Waals surface area contributed by atoms with Gasteiger partial charge in [0.1, 0.15) is 17.1 Å². The molecular formula is C17H17ClN4O. The number of pyridine rings is 1. The van der Waals surface area contributed by atoms with Crippen LogP contribution in [0.25, 0.3) is 5.65 Å². The molecule has 2 aromatic heterocycles. The topological polar surface area (TPSA) is 62.2 Å². The minimum absolute atomic E-state index is 0.0363. The highest BCUT2D eigenvalue weighted by atomic mass is 35.5. The third-order valence-corrected chi connectivity index (χ3v) is 3.82. The summed E-state index contributed by atoms with van der Waals surface area (Å²) < 4.78 is 1.91. The summed E-state index contributed by atoms with van der Waals surface area (Å²) in [5.74, 6) is 0.906. The molecule has 0 bridgehead atoms. The number of fused-ring (bicyclic) bond motifs is 1. The minimum atomic E-state index is 0.0363. The molecule has 6 heteroatoms. The van der Waals surface area contributed by atoms with Crippen LogP contribution >= 0.6 is 11.6 Å². The minimum Gasteiger partial charge on any atom is -0.506 e. The average Bonchev–Trinajstić information content (AvgIpc) is 2.89. The normalized spacial score (nSPS) is 11.9. The molecule has 2 heterocycles. The van der Waals surface area contributed by atoms with Crippen LogP contribution in [0.15, 0.2) is 46.8 Å². The lowest BCUT2D eigenvalue weighted by atomic mass is 10.1. The van der Waals surface area contributed by atoms with E-state index in [4.69, 9.17) is 11.6 Å². The summed E-state index contributed by atoms with van der Waals surface area (Å²) >= 11 is 5.94. The van der Waals surface area contributed by atoms with E-state index in [1.165, 1.54) is 6.07 Å². The van der Waals surface area contributed by atoms with Crippen molar-refractivity contribution < 1.29 is 5.11 Å². The van der Waals surface area contributed by atoms with Crippen molar-refractivity contribution in [2.45, 2.75) is 26.7 Å². The fourth-order valence-electron chi connectivity index (χ4n) is 2.37. The van der Waals surface area contributed by atoms with Gasteiger partial charge in [0.2, 0.25) is 0 Å². The lowest BCUT2D eigenvalue weighted by Gasteiger charge is -2.02. The molecule has 1 aromatic carbocycles. The maximum Gasteiger partial charge on any atom is 0.183 e. The van der Waals surface area contributed by atoms with Crippen molar-refractivity contribution in [3.8, 4) is 5.75 Å². The smallest absolute Gasteiger partial charge is 0.183 e. The molecule has 3 aromatic rings. The fourth-order valence-corrected chi connectivity index (χ4v) is 2.54. The van der Waals surface area contributed by atoms with Crippen LogP contribution in [-0.2, 0) is 0 Å². The van der Waals surface area contributed by atoms with Gasteiger partial charge in [-0.25, -0.2) is 4.98 Å². The predicted molar refractivity (Wildman–Crippen MR) is 91.3 cm³/mol. The number of aromatic nitrogens is 2. The maximum absolute atomic E-state index is 9.86. The molecule has 0 aliphatic heterocycles. The zero-order chi connectivity index (χ0) is 16.6. The lowest BCUT2D eigenvalue weighted by molar-refractivity contribution is 0.476. The van der Waals surface area contributed by atoms with Gasteiger partial charge < -0.3 is 5.11 Å². The first-order chi connectivity index (χ1) is 11.0. The highest BCUT2D eigenvalue weighted by Crippen LogP contribution is 2.33. The summed E-state index contributed by atoms with van der Waals surface area (Å²) in [7, 11) is 0. The first-order valence-corrected chi connectivity index (χ1v) is 7.73. The summed E-state index contributed by atoms with van der Waals surface area (Å²) in [4.78, 5) is 4.68. The molecule has 23 heavy (non-hydrogen) atoms. The summed E-state index contributed by atoms with van der Waals surface area (Å²) in [6.07, 6.45) is 1.91. The van der Waals surface area contributed by atoms with Crippen molar-refractivity contribution in [2.75, 3.05) is 0 Å². The number of hydrogen-bond donors (Lipinski definition) is 1. The Kier molecular flexibility index (Phi) is 4.05. The Balaban J connectivity index is 2.15. The van der Waals surface area contributed by atoms with Crippen LogP contribution in [0.2, 0.25) is 5.02 Å². The number of phenolic OH excluding ortho intramolecular Hbond substituents is 1. The van der Waals surface area contributed by atoms with Crippen LogP contribution < -0.4 is 0 Å². The highest BCUT2D eigenvalue weighted by molar-refractivity contribution is 6.30. The van der Waals surface area contributed by atoms with Crippen LogP contribution in [-0.4, -0.2) is 14.5 Å². The van der Waals surface area contributed by atoms with Crippen LogP contribution in [0, 0.1) is 6.92 Å². The number of hydrogen-bond acceptors (Lipinski definition) is 4. The van der Waals surface area contributed by atoms with Gasteiger partial charge in [0.25, 0.3) is 0 Å². The average molecular weight is 329 g/mol. The summed E-state index contributed by atoms with van der Waals surface area (Å²) in [6.45, 7) is 6.14. The molecule has 0 aliphatic rings. The van der Waals surface area contributed by atoms with E-state index in [2.05, 4.69) is 29.1 Å². The molecule has 118 valence electrons. The summed E-state index contributed by atoms with van der Waals surface area (Å²) in [5, 5.41) is 18.9. The monoisotopic (exact) mass is 328 g/mol. The molecule has 3 rings (SSSR count). The van der Waals surface area contributed by atoms with Crippen LogP contribution in [0.5, 0.6) is 5.75 Å². The Morgan fingerprint density at radius 2 is 2.00 bits per heavy atom. The van der Waals surface area contributed by atoms with E-state index >= 15 is 0 Å². The molecule has 1 N–H and O–H groups in total. The van der Waals surface area contributed by atoms with E-state index in [0.29, 0.717) is 16.5 Å². The van der Waals surface area contributed by atoms with Crippen LogP contribution in [0.1, 0.15) is 31.0 Å². The van der Waals surface area contributed by atoms with E-state index in [0.717, 1.165) is 16.9 Å². The molecule has 0 radical (unpaired) electrons. The maximum atomic E-state index is 9.86. The third kappa shape index (κ3) is 2.92. The van der Waals surface area contributed by atoms with Gasteiger partial charge in [-0.2, -0.15) is 0 Å². The van der Waals surface area contributed by atoms with Crippen LogP contribution in [0.3, 0.4) is 0 Å². The molecule has 0 unspecified atom stereocenters. The first kappa shape index (κ1) is 15.5. The Labute approximate surface area is 139 Å². The van der Waals surface area contributed by atoms with Gasteiger partial charge in [-0.15, -0.1) is 10.2 Å². The molecule has 5 nitrogen and oxygen atoms in total. The summed E-state index contributed by atoms with van der Waals surface area (Å²) in [6, 6.07) is 8.63. The summed E-state index contributed by atoms with van der Waals surface area (Å²) in [5.41, 5.74) is 3.13. The van der Waals surface area contributed by atoms with Crippen molar-refractivity contribution in [1.29, 1.82) is 0 Å². The SMILES string of the molecule is Cc1cccn2c(N=Nc3cc(Cl)ccc3O)c(C(C)C)nc12. The van der Waals surface area contributed by atoms with Crippen molar-refractivity contribution in [3.63, 3.8) is 0 Å². The largest absolute Gasteiger partial charge is 0.506 e. The number of nitrogens with zero attached hydrogens (tertiary/aromatic N) is 4. The van der Waals surface area contributed by atoms with Gasteiger partial charge in [-0.3, -0.25) is 4.40 Å². The van der Waals surface area contributed by atoms with E-state index in [1.54, 1.807) is 12.1 Å². The molecule has 0 atom stereocenters. The van der Waals surface area contributed by atoms with E-state index in [-0.39, 0.29) is 11.7 Å². The first-order valence-electron chi connectivity index (χ1n) is 7.35. The van der Waals surface area contributed by atoms with Crippen molar-refractivity contribution in [1.82, 2.24) is 9.38 Å². The van der Waals surface area contributed by atoms with Gasteiger partial charge >= 0.3 is 0 Å². The zero-order valence-corrected chi connectivity index (χ0v) is 13.9. The second kappa shape index (κ2) is 6.01. The standard InChI is InChI=1S/C17H17ClN4O/c1-10(2)15-17(22-8-4-5-11(3)16(22)19-15)21-20-13-9-12(18)6-7-14(13)23/h4-10,23H,1-3H3. The Hall–Kier alpha value is -2.40. The number of phenols is 1. The third-order valence-electron chi connectivity index (χ3n) is 3.58. The van der Waals surface area contributed by atoms with E-state index in [9.17, 15) is 5.11 Å². The van der Waals surface area contributed by atoms with Gasteiger partial charge in [0.15, 0.2) is 5.82 Å². The van der Waals surface area contributed by atoms with E-state index in [1.807, 2.05) is 29.7 Å². The van der Waals surface area contributed by atoms with E-state index < -0.39 is 0 Å². The Bertz CT molecular complexity index is 899. The molecule has 0 saturated carbocycles. The number of halogens is 1. The van der Waals surface area contributed by atoms with Gasteiger partial charge in [0, 0.05) is 11.2 Å². The zero-order valence-electron chi connectivity index (χ0n) is 13.2. The highest BCUT2D eigenvalue weighted by Gasteiger charge is 2.16. The van der Waals surface area contributed by atoms with Gasteiger partial charge in [-0.1, -0.05) is 31.5 Å². The quantitative estimate of drug-likeness (QED) is 0.641. The van der Waals surface area contributed by atoms with Crippen molar-refractivity contribution in [3.05, 3.63) is 52.8 Å². The molecule has 0 saturated heterocycles. The number of rotatable bonds is 3. The molecule has 0 spiro atoms. The van der Waals surface area contributed by atoms with Gasteiger partial charge in [0.05, 0.1) is 5.69 Å².